The normalized spacial score (nSPS) is 16.1. The van der Waals surface area contributed by atoms with Crippen LogP contribution >= 0.6 is 11.6 Å². The number of hydrogen-bond donors (Lipinski definition) is 3. The number of nitrogens with zero attached hydrogens (tertiary/aromatic N) is 2. The van der Waals surface area contributed by atoms with E-state index in [1.54, 1.807) is 0 Å². The van der Waals surface area contributed by atoms with E-state index in [1.807, 2.05) is 0 Å². The second-order valence-electron chi connectivity index (χ2n) is 9.28. The number of hydrogen-bond acceptors (Lipinski definition) is 6. The monoisotopic (exact) mass is 518 g/mol. The summed E-state index contributed by atoms with van der Waals surface area (Å²) in [5.74, 6) is -1.58. The minimum absolute atomic E-state index is 0.0850. The molecular weight excluding hydrogens is 487 g/mol. The number of halogens is 2. The van der Waals surface area contributed by atoms with Gasteiger partial charge in [0, 0.05) is 18.8 Å². The first-order chi connectivity index (χ1) is 17.4. The summed E-state index contributed by atoms with van der Waals surface area (Å²) in [7, 11) is 0. The quantitative estimate of drug-likeness (QED) is 0.369. The number of pyridine rings is 1. The highest BCUT2D eigenvalue weighted by Gasteiger charge is 2.28. The van der Waals surface area contributed by atoms with Crippen molar-refractivity contribution in [3.8, 4) is 0 Å². The number of aromatic nitrogens is 1. The molecule has 1 fully saturated rings. The summed E-state index contributed by atoms with van der Waals surface area (Å²) >= 11 is 5.88. The number of aliphatic carboxylic acids is 1. The van der Waals surface area contributed by atoms with Gasteiger partial charge in [0.1, 0.15) is 17.7 Å². The van der Waals surface area contributed by atoms with Crippen LogP contribution < -0.4 is 10.6 Å². The van der Waals surface area contributed by atoms with Gasteiger partial charge in [-0.05, 0) is 68.8 Å². The van der Waals surface area contributed by atoms with Crippen molar-refractivity contribution in [3.63, 3.8) is 0 Å². The van der Waals surface area contributed by atoms with Crippen LogP contribution in [-0.4, -0.2) is 71.8 Å². The van der Waals surface area contributed by atoms with Crippen molar-refractivity contribution in [3.05, 3.63) is 58.0 Å². The SMILES string of the molecule is O=C(NC(CCN(CCCCc1ccc2c(n1)NCCC2)C1COC1)C(=O)O)c1cccc(F)c1Cl. The zero-order chi connectivity index (χ0) is 25.5. The van der Waals surface area contributed by atoms with Gasteiger partial charge in [-0.25, -0.2) is 14.2 Å². The molecule has 1 aromatic carbocycles. The fourth-order valence-electron chi connectivity index (χ4n) is 4.51. The summed E-state index contributed by atoms with van der Waals surface area (Å²) in [5, 5.41) is 15.2. The molecule has 2 aliphatic rings. The molecule has 194 valence electrons. The minimum atomic E-state index is -1.15. The van der Waals surface area contributed by atoms with Gasteiger partial charge >= 0.3 is 5.97 Å². The molecule has 2 aliphatic heterocycles. The van der Waals surface area contributed by atoms with Crippen molar-refractivity contribution in [2.75, 3.05) is 38.2 Å². The number of aryl methyl sites for hydroxylation is 2. The Labute approximate surface area is 215 Å². The average molecular weight is 519 g/mol. The molecule has 0 bridgehead atoms. The predicted molar refractivity (Wildman–Crippen MR) is 135 cm³/mol. The largest absolute Gasteiger partial charge is 0.480 e. The highest BCUT2D eigenvalue weighted by molar-refractivity contribution is 6.34. The second-order valence-corrected chi connectivity index (χ2v) is 9.66. The number of carboxylic acids is 1. The molecule has 3 heterocycles. The number of fused-ring (bicyclic) bond motifs is 1. The van der Waals surface area contributed by atoms with Gasteiger partial charge in [0.2, 0.25) is 0 Å². The first-order valence-corrected chi connectivity index (χ1v) is 12.8. The molecule has 0 aliphatic carbocycles. The van der Waals surface area contributed by atoms with Crippen LogP contribution in [0.1, 0.15) is 47.3 Å². The Kier molecular flexibility index (Phi) is 9.12. The Balaban J connectivity index is 1.28. The predicted octanol–water partition coefficient (Wildman–Crippen LogP) is 3.53. The number of unbranched alkanes of at least 4 members (excludes halogenated alkanes) is 1. The van der Waals surface area contributed by atoms with E-state index in [2.05, 4.69) is 27.7 Å². The molecule has 0 saturated carbocycles. The number of nitrogens with one attached hydrogen (secondary N) is 2. The Morgan fingerprint density at radius 1 is 1.25 bits per heavy atom. The molecule has 1 unspecified atom stereocenters. The number of ether oxygens (including phenoxy) is 1. The minimum Gasteiger partial charge on any atom is -0.480 e. The smallest absolute Gasteiger partial charge is 0.326 e. The Bertz CT molecular complexity index is 1080. The standard InChI is InChI=1S/C26H32ClFN4O4/c27-23-20(7-3-8-21(23)28)25(33)31-22(26(34)35)11-14-32(19-15-36-16-19)13-2-1-6-18-10-9-17-5-4-12-29-24(17)30-18/h3,7-10,19,22H,1-2,4-6,11-16H2,(H,29,30)(H,31,33)(H,34,35). The van der Waals surface area contributed by atoms with Crippen LogP contribution in [-0.2, 0) is 22.4 Å². The van der Waals surface area contributed by atoms with Crippen LogP contribution in [0.15, 0.2) is 30.3 Å². The van der Waals surface area contributed by atoms with Crippen LogP contribution in [0.3, 0.4) is 0 Å². The third-order valence-electron chi connectivity index (χ3n) is 6.72. The van der Waals surface area contributed by atoms with Crippen LogP contribution in [0.25, 0.3) is 0 Å². The molecule has 1 saturated heterocycles. The molecule has 0 radical (unpaired) electrons. The first kappa shape index (κ1) is 26.3. The molecule has 1 aromatic heterocycles. The molecule has 1 amide bonds. The first-order valence-electron chi connectivity index (χ1n) is 12.4. The van der Waals surface area contributed by atoms with Gasteiger partial charge < -0.3 is 20.5 Å². The van der Waals surface area contributed by atoms with Crippen LogP contribution in [0.5, 0.6) is 0 Å². The van der Waals surface area contributed by atoms with E-state index in [0.29, 0.717) is 19.8 Å². The molecule has 1 atom stereocenters. The van der Waals surface area contributed by atoms with Gasteiger partial charge in [-0.3, -0.25) is 9.69 Å². The molecule has 36 heavy (non-hydrogen) atoms. The zero-order valence-electron chi connectivity index (χ0n) is 20.1. The lowest BCUT2D eigenvalue weighted by Crippen LogP contribution is -2.51. The van der Waals surface area contributed by atoms with Crippen LogP contribution in [0.4, 0.5) is 10.2 Å². The molecule has 4 rings (SSSR count). The highest BCUT2D eigenvalue weighted by Crippen LogP contribution is 2.21. The lowest BCUT2D eigenvalue weighted by atomic mass is 10.1. The van der Waals surface area contributed by atoms with Gasteiger partial charge in [0.05, 0.1) is 29.8 Å². The summed E-state index contributed by atoms with van der Waals surface area (Å²) in [5.41, 5.74) is 2.27. The Hall–Kier alpha value is -2.75. The number of carbonyl (C=O) groups excluding carboxylic acids is 1. The van der Waals surface area contributed by atoms with E-state index in [9.17, 15) is 19.1 Å². The number of amides is 1. The Morgan fingerprint density at radius 3 is 2.83 bits per heavy atom. The summed E-state index contributed by atoms with van der Waals surface area (Å²) in [6, 6.07) is 7.26. The van der Waals surface area contributed by atoms with Gasteiger partial charge in [-0.15, -0.1) is 0 Å². The molecule has 0 spiro atoms. The van der Waals surface area contributed by atoms with Gasteiger partial charge in [0.25, 0.3) is 5.91 Å². The second kappa shape index (κ2) is 12.5. The van der Waals surface area contributed by atoms with Crippen molar-refractivity contribution in [2.45, 2.75) is 50.6 Å². The summed E-state index contributed by atoms with van der Waals surface area (Å²) in [6.07, 6.45) is 5.20. The summed E-state index contributed by atoms with van der Waals surface area (Å²) in [6.45, 7) is 3.48. The third kappa shape index (κ3) is 6.72. The maximum Gasteiger partial charge on any atom is 0.326 e. The molecule has 10 heteroatoms. The number of benzene rings is 1. The van der Waals surface area contributed by atoms with Crippen LogP contribution in [0.2, 0.25) is 5.02 Å². The highest BCUT2D eigenvalue weighted by atomic mass is 35.5. The maximum absolute atomic E-state index is 13.7. The van der Waals surface area contributed by atoms with Crippen molar-refractivity contribution in [1.29, 1.82) is 0 Å². The fraction of sp³-hybridized carbons (Fsp3) is 0.500. The third-order valence-corrected chi connectivity index (χ3v) is 7.11. The number of carboxylic acid groups (broad SMARTS) is 1. The molecule has 2 aromatic rings. The van der Waals surface area contributed by atoms with Crippen molar-refractivity contribution >= 4 is 29.3 Å². The summed E-state index contributed by atoms with van der Waals surface area (Å²) in [4.78, 5) is 31.3. The van der Waals surface area contributed by atoms with Gasteiger partial charge in [-0.2, -0.15) is 0 Å². The summed E-state index contributed by atoms with van der Waals surface area (Å²) < 4.78 is 19.1. The van der Waals surface area contributed by atoms with Gasteiger partial charge in [0.15, 0.2) is 0 Å². The van der Waals surface area contributed by atoms with E-state index in [-0.39, 0.29) is 23.0 Å². The topological polar surface area (TPSA) is 104 Å². The zero-order valence-corrected chi connectivity index (χ0v) is 20.9. The Morgan fingerprint density at radius 2 is 2.08 bits per heavy atom. The van der Waals surface area contributed by atoms with Gasteiger partial charge in [-0.1, -0.05) is 23.7 Å². The van der Waals surface area contributed by atoms with Crippen molar-refractivity contribution in [2.24, 2.45) is 0 Å². The average Bonchev–Trinajstić information content (AvgIpc) is 2.84. The van der Waals surface area contributed by atoms with Crippen molar-refractivity contribution in [1.82, 2.24) is 15.2 Å². The number of rotatable bonds is 12. The van der Waals surface area contributed by atoms with E-state index in [1.165, 1.54) is 17.7 Å². The number of carbonyl (C=O) groups is 2. The van der Waals surface area contributed by atoms with E-state index in [4.69, 9.17) is 21.3 Å². The van der Waals surface area contributed by atoms with Crippen LogP contribution in [0, 0.1) is 5.82 Å². The van der Waals surface area contributed by atoms with E-state index >= 15 is 0 Å². The molecular formula is C26H32ClFN4O4. The fourth-order valence-corrected chi connectivity index (χ4v) is 4.72. The van der Waals surface area contributed by atoms with E-state index < -0.39 is 23.7 Å². The number of anilines is 1. The molecule has 3 N–H and O–H groups in total. The lowest BCUT2D eigenvalue weighted by Gasteiger charge is -2.38. The maximum atomic E-state index is 13.7. The van der Waals surface area contributed by atoms with Crippen molar-refractivity contribution < 1.29 is 23.8 Å². The lowest BCUT2D eigenvalue weighted by molar-refractivity contribution is -0.139. The molecule has 8 nitrogen and oxygen atoms in total. The van der Waals surface area contributed by atoms with E-state index in [0.717, 1.165) is 62.8 Å².